The summed E-state index contributed by atoms with van der Waals surface area (Å²) in [4.78, 5) is 12.5. The molecule has 0 radical (unpaired) electrons. The van der Waals surface area contributed by atoms with Crippen LogP contribution in [0.25, 0.3) is 5.70 Å². The van der Waals surface area contributed by atoms with Crippen molar-refractivity contribution in [2.75, 3.05) is 0 Å². The predicted molar refractivity (Wildman–Crippen MR) is 101 cm³/mol. The molecule has 4 aliphatic carbocycles. The second-order valence-corrected chi connectivity index (χ2v) is 8.91. The number of ketones is 1. The topological polar surface area (TPSA) is 22.0 Å². The number of carbonyl (C=O) groups is 1. The summed E-state index contributed by atoms with van der Waals surface area (Å²) in [6.07, 6.45) is 17.9. The highest BCUT2D eigenvalue weighted by atomic mass is 16.1. The minimum Gasteiger partial charge on any atom is -0.328 e. The van der Waals surface area contributed by atoms with Gasteiger partial charge in [0.2, 0.25) is 0 Å². The third kappa shape index (κ3) is 2.00. The van der Waals surface area contributed by atoms with Crippen LogP contribution < -0.4 is 0 Å². The molecule has 2 nitrogen and oxygen atoms in total. The maximum Gasteiger partial charge on any atom is 0.139 e. The van der Waals surface area contributed by atoms with Gasteiger partial charge in [-0.3, -0.25) is 4.79 Å². The van der Waals surface area contributed by atoms with Crippen molar-refractivity contribution in [3.63, 3.8) is 0 Å². The van der Waals surface area contributed by atoms with Crippen LogP contribution in [0, 0.1) is 22.7 Å². The van der Waals surface area contributed by atoms with E-state index in [1.54, 1.807) is 5.57 Å². The van der Waals surface area contributed by atoms with E-state index in [2.05, 4.69) is 61.2 Å². The summed E-state index contributed by atoms with van der Waals surface area (Å²) < 4.78 is 2.26. The highest BCUT2D eigenvalue weighted by Gasteiger charge is 2.54. The molecule has 1 saturated carbocycles. The van der Waals surface area contributed by atoms with Crippen LogP contribution in [0.5, 0.6) is 0 Å². The van der Waals surface area contributed by atoms with Gasteiger partial charge in [-0.25, -0.2) is 0 Å². The van der Waals surface area contributed by atoms with E-state index in [9.17, 15) is 4.79 Å². The fourth-order valence-electron chi connectivity index (χ4n) is 6.14. The predicted octanol–water partition coefficient (Wildman–Crippen LogP) is 5.39. The molecule has 0 bridgehead atoms. The van der Waals surface area contributed by atoms with Gasteiger partial charge in [-0.15, -0.1) is 0 Å². The van der Waals surface area contributed by atoms with Gasteiger partial charge in [0.1, 0.15) is 5.78 Å². The second-order valence-electron chi connectivity index (χ2n) is 8.91. The van der Waals surface area contributed by atoms with Gasteiger partial charge in [-0.05, 0) is 67.7 Å². The Morgan fingerprint density at radius 3 is 2.72 bits per heavy atom. The lowest BCUT2D eigenvalue weighted by Crippen LogP contribution is -2.43. The SMILES string of the molecule is C[C@]12CCC(n3cccc3)=CC1=CC[C@@H]1C2=CC[C@]2(C)C(=O)CC[C@@H]12. The molecule has 25 heavy (non-hydrogen) atoms. The first-order valence-corrected chi connectivity index (χ1v) is 9.81. The first-order chi connectivity index (χ1) is 12.0. The summed E-state index contributed by atoms with van der Waals surface area (Å²) in [5.74, 6) is 1.65. The summed E-state index contributed by atoms with van der Waals surface area (Å²) in [6.45, 7) is 4.67. The summed E-state index contributed by atoms with van der Waals surface area (Å²) in [7, 11) is 0. The Balaban J connectivity index is 1.55. The van der Waals surface area contributed by atoms with Gasteiger partial charge in [-0.1, -0.05) is 31.6 Å². The molecular formula is C23H27NO. The monoisotopic (exact) mass is 333 g/mol. The highest BCUT2D eigenvalue weighted by Crippen LogP contribution is 2.61. The van der Waals surface area contributed by atoms with Crippen molar-refractivity contribution in [2.24, 2.45) is 22.7 Å². The summed E-state index contributed by atoms with van der Waals surface area (Å²) in [5, 5.41) is 0. The van der Waals surface area contributed by atoms with Crippen molar-refractivity contribution in [3.05, 3.63) is 53.9 Å². The molecule has 2 heteroatoms. The van der Waals surface area contributed by atoms with Crippen molar-refractivity contribution in [1.82, 2.24) is 4.57 Å². The van der Waals surface area contributed by atoms with Gasteiger partial charge in [-0.2, -0.15) is 0 Å². The summed E-state index contributed by atoms with van der Waals surface area (Å²) in [5.41, 5.74) is 4.63. The number of Topliss-reactive ketones (excluding diaryl/α,β-unsaturated/α-hetero) is 1. The third-order valence-corrected chi connectivity index (χ3v) is 7.77. The number of allylic oxidation sites excluding steroid dienone is 6. The van der Waals surface area contributed by atoms with E-state index in [0.717, 1.165) is 32.1 Å². The fraction of sp³-hybridized carbons (Fsp3) is 0.522. The molecule has 0 saturated heterocycles. The Bertz CT molecular complexity index is 824. The molecule has 0 spiro atoms. The molecule has 5 rings (SSSR count). The van der Waals surface area contributed by atoms with Crippen molar-refractivity contribution in [3.8, 4) is 0 Å². The molecule has 1 aromatic rings. The second kappa shape index (κ2) is 5.09. The summed E-state index contributed by atoms with van der Waals surface area (Å²) in [6, 6.07) is 4.20. The first kappa shape index (κ1) is 15.4. The number of nitrogens with zero attached hydrogens (tertiary/aromatic N) is 1. The Morgan fingerprint density at radius 2 is 1.92 bits per heavy atom. The minimum atomic E-state index is -0.0866. The van der Waals surface area contributed by atoms with E-state index in [-0.39, 0.29) is 10.8 Å². The van der Waals surface area contributed by atoms with Crippen LogP contribution in [-0.4, -0.2) is 10.4 Å². The van der Waals surface area contributed by atoms with E-state index in [1.165, 1.54) is 17.7 Å². The van der Waals surface area contributed by atoms with Crippen molar-refractivity contribution < 1.29 is 4.79 Å². The average molecular weight is 333 g/mol. The molecule has 0 N–H and O–H groups in total. The number of carbonyl (C=O) groups excluding carboxylic acids is 1. The zero-order valence-corrected chi connectivity index (χ0v) is 15.3. The van der Waals surface area contributed by atoms with Gasteiger partial charge >= 0.3 is 0 Å². The van der Waals surface area contributed by atoms with Crippen molar-refractivity contribution >= 4 is 11.5 Å². The number of rotatable bonds is 1. The standard InChI is InChI=1S/C23H27NO/c1-22-11-9-17(24-13-3-4-14-24)15-16(22)5-6-18-19-7-8-21(25)23(19,2)12-10-20(18)22/h3-5,10,13-15,18-19H,6-9,11-12H2,1-2H3/t18-,19-,22-,23-/m0/s1. The lowest BCUT2D eigenvalue weighted by atomic mass is 9.53. The molecule has 0 unspecified atom stereocenters. The van der Waals surface area contributed by atoms with Crippen LogP contribution in [0.4, 0.5) is 0 Å². The fourth-order valence-corrected chi connectivity index (χ4v) is 6.14. The highest BCUT2D eigenvalue weighted by molar-refractivity contribution is 5.87. The Labute approximate surface area is 150 Å². The molecule has 1 heterocycles. The third-order valence-electron chi connectivity index (χ3n) is 7.77. The lowest BCUT2D eigenvalue weighted by Gasteiger charge is -2.51. The quantitative estimate of drug-likeness (QED) is 0.631. The normalized spacial score (nSPS) is 39.8. The molecular weight excluding hydrogens is 306 g/mol. The molecule has 130 valence electrons. The van der Waals surface area contributed by atoms with E-state index >= 15 is 0 Å². The largest absolute Gasteiger partial charge is 0.328 e. The first-order valence-electron chi connectivity index (χ1n) is 9.81. The zero-order valence-electron chi connectivity index (χ0n) is 15.3. The Hall–Kier alpha value is -1.83. The van der Waals surface area contributed by atoms with Gasteiger partial charge in [0, 0.05) is 35.3 Å². The minimum absolute atomic E-state index is 0.0866. The van der Waals surface area contributed by atoms with E-state index < -0.39 is 0 Å². The van der Waals surface area contributed by atoms with Gasteiger partial charge in [0.25, 0.3) is 0 Å². The number of aromatic nitrogens is 1. The average Bonchev–Trinajstić information content (AvgIpc) is 3.23. The molecule has 1 aromatic heterocycles. The smallest absolute Gasteiger partial charge is 0.139 e. The number of fused-ring (bicyclic) bond motifs is 5. The molecule has 0 aliphatic heterocycles. The molecule has 0 amide bonds. The maximum absolute atomic E-state index is 12.5. The Kier molecular flexibility index (Phi) is 3.14. The Morgan fingerprint density at radius 1 is 1.12 bits per heavy atom. The van der Waals surface area contributed by atoms with E-state index in [4.69, 9.17) is 0 Å². The van der Waals surface area contributed by atoms with Crippen LogP contribution in [0.1, 0.15) is 52.4 Å². The van der Waals surface area contributed by atoms with Crippen LogP contribution in [0.3, 0.4) is 0 Å². The number of hydrogen-bond acceptors (Lipinski definition) is 1. The molecule has 1 fully saturated rings. The van der Waals surface area contributed by atoms with Crippen molar-refractivity contribution in [1.29, 1.82) is 0 Å². The zero-order chi connectivity index (χ0) is 17.2. The number of hydrogen-bond donors (Lipinski definition) is 0. The van der Waals surface area contributed by atoms with Crippen molar-refractivity contribution in [2.45, 2.75) is 52.4 Å². The van der Waals surface area contributed by atoms with E-state index in [0.29, 0.717) is 17.6 Å². The maximum atomic E-state index is 12.5. The van der Waals surface area contributed by atoms with E-state index in [1.807, 2.05) is 0 Å². The summed E-state index contributed by atoms with van der Waals surface area (Å²) >= 11 is 0. The van der Waals surface area contributed by atoms with Gasteiger partial charge < -0.3 is 4.57 Å². The molecule has 4 atom stereocenters. The van der Waals surface area contributed by atoms with Crippen LogP contribution in [-0.2, 0) is 4.79 Å². The molecule has 0 aromatic carbocycles. The van der Waals surface area contributed by atoms with Crippen LogP contribution in [0.2, 0.25) is 0 Å². The van der Waals surface area contributed by atoms with Crippen LogP contribution in [0.15, 0.2) is 53.9 Å². The van der Waals surface area contributed by atoms with Gasteiger partial charge in [0.15, 0.2) is 0 Å². The lowest BCUT2D eigenvalue weighted by molar-refractivity contribution is -0.127. The molecule has 4 aliphatic rings. The van der Waals surface area contributed by atoms with Gasteiger partial charge in [0.05, 0.1) is 0 Å². The van der Waals surface area contributed by atoms with Crippen LogP contribution >= 0.6 is 0 Å².